The molecule has 0 saturated carbocycles. The van der Waals surface area contributed by atoms with Crippen LogP contribution in [0, 0.1) is 6.92 Å². The number of ether oxygens (including phenoxy) is 1. The molecule has 0 aliphatic rings. The lowest BCUT2D eigenvalue weighted by atomic mass is 10.1. The molecule has 2 aromatic carbocycles. The predicted octanol–water partition coefficient (Wildman–Crippen LogP) is 4.09. The van der Waals surface area contributed by atoms with E-state index in [2.05, 4.69) is 25.1 Å². The molecule has 2 rings (SSSR count). The number of rotatable bonds is 4. The van der Waals surface area contributed by atoms with Crippen LogP contribution in [0.5, 0.6) is 5.75 Å². The predicted molar refractivity (Wildman–Crippen MR) is 72.2 cm³/mol. The number of benzene rings is 2. The van der Waals surface area contributed by atoms with Crippen LogP contribution in [0.4, 0.5) is 0 Å². The van der Waals surface area contributed by atoms with Gasteiger partial charge >= 0.3 is 0 Å². The molecule has 0 atom stereocenters. The summed E-state index contributed by atoms with van der Waals surface area (Å²) in [6, 6.07) is 18.2. The number of aryl methyl sites for hydroxylation is 1. The second-order valence-corrected chi connectivity index (χ2v) is 3.88. The van der Waals surface area contributed by atoms with Crippen LogP contribution in [0.3, 0.4) is 0 Å². The summed E-state index contributed by atoms with van der Waals surface area (Å²) in [5.74, 6) is 0.905. The molecular weight excluding hydrogens is 208 g/mol. The number of hydrogen-bond donors (Lipinski definition) is 0. The Kier molecular flexibility index (Phi) is 3.98. The topological polar surface area (TPSA) is 9.23 Å². The number of para-hydroxylation sites is 1. The van der Waals surface area contributed by atoms with Crippen molar-refractivity contribution in [3.63, 3.8) is 0 Å². The van der Waals surface area contributed by atoms with E-state index in [-0.39, 0.29) is 0 Å². The third-order valence-electron chi connectivity index (χ3n) is 2.58. The Balaban J connectivity index is 1.89. The van der Waals surface area contributed by atoms with Crippen LogP contribution in [0.25, 0.3) is 6.08 Å². The van der Waals surface area contributed by atoms with E-state index < -0.39 is 0 Å². The third-order valence-corrected chi connectivity index (χ3v) is 2.58. The highest BCUT2D eigenvalue weighted by molar-refractivity contribution is 5.53. The Hall–Kier alpha value is -2.02. The van der Waals surface area contributed by atoms with Crippen molar-refractivity contribution >= 4 is 6.08 Å². The molecule has 0 spiro atoms. The van der Waals surface area contributed by atoms with Crippen molar-refractivity contribution in [1.29, 1.82) is 0 Å². The maximum atomic E-state index is 5.58. The van der Waals surface area contributed by atoms with Gasteiger partial charge in [0.1, 0.15) is 12.4 Å². The van der Waals surface area contributed by atoms with E-state index >= 15 is 0 Å². The summed E-state index contributed by atoms with van der Waals surface area (Å²) < 4.78 is 5.58. The van der Waals surface area contributed by atoms with E-state index in [0.29, 0.717) is 6.61 Å². The van der Waals surface area contributed by atoms with Gasteiger partial charge < -0.3 is 4.74 Å². The van der Waals surface area contributed by atoms with Crippen molar-refractivity contribution in [2.45, 2.75) is 6.92 Å². The highest BCUT2D eigenvalue weighted by Crippen LogP contribution is 2.10. The van der Waals surface area contributed by atoms with Crippen LogP contribution < -0.4 is 4.74 Å². The third kappa shape index (κ3) is 3.49. The molecule has 86 valence electrons. The van der Waals surface area contributed by atoms with E-state index in [9.17, 15) is 0 Å². The maximum absolute atomic E-state index is 5.58. The largest absolute Gasteiger partial charge is 0.490 e. The minimum absolute atomic E-state index is 0.596. The first-order valence-electron chi connectivity index (χ1n) is 5.76. The molecule has 17 heavy (non-hydrogen) atoms. The smallest absolute Gasteiger partial charge is 0.119 e. The zero-order valence-electron chi connectivity index (χ0n) is 9.97. The zero-order valence-corrected chi connectivity index (χ0v) is 9.97. The Labute approximate surface area is 102 Å². The fourth-order valence-corrected chi connectivity index (χ4v) is 1.61. The highest BCUT2D eigenvalue weighted by atomic mass is 16.5. The molecule has 0 saturated heterocycles. The van der Waals surface area contributed by atoms with Crippen LogP contribution in [0.2, 0.25) is 0 Å². The summed E-state index contributed by atoms with van der Waals surface area (Å²) in [5.41, 5.74) is 2.52. The molecule has 1 nitrogen and oxygen atoms in total. The Morgan fingerprint density at radius 3 is 2.41 bits per heavy atom. The van der Waals surface area contributed by atoms with Gasteiger partial charge in [0.15, 0.2) is 0 Å². The molecule has 0 N–H and O–H groups in total. The molecule has 0 aromatic heterocycles. The number of hydrogen-bond acceptors (Lipinski definition) is 1. The molecule has 2 aromatic rings. The highest BCUT2D eigenvalue weighted by Gasteiger charge is 1.91. The Bertz CT molecular complexity index is 486. The Morgan fingerprint density at radius 1 is 0.941 bits per heavy atom. The van der Waals surface area contributed by atoms with Crippen molar-refractivity contribution in [2.75, 3.05) is 6.61 Å². The average molecular weight is 224 g/mol. The van der Waals surface area contributed by atoms with Crippen molar-refractivity contribution < 1.29 is 4.74 Å². The molecule has 0 fully saturated rings. The van der Waals surface area contributed by atoms with Crippen LogP contribution in [-0.4, -0.2) is 6.61 Å². The quantitative estimate of drug-likeness (QED) is 0.760. The first kappa shape index (κ1) is 11.5. The van der Waals surface area contributed by atoms with E-state index in [0.717, 1.165) is 5.75 Å². The molecule has 0 heterocycles. The standard InChI is InChI=1S/C16H16O/c1-14-8-5-6-9-15(14)10-7-13-17-16-11-3-2-4-12-16/h2-12H,13H2,1H3. The van der Waals surface area contributed by atoms with Gasteiger partial charge in [0.25, 0.3) is 0 Å². The molecule has 0 radical (unpaired) electrons. The maximum Gasteiger partial charge on any atom is 0.119 e. The SMILES string of the molecule is Cc1ccccc1C=CCOc1ccccc1. The molecule has 0 unspecified atom stereocenters. The first-order chi connectivity index (χ1) is 8.36. The summed E-state index contributed by atoms with van der Waals surface area (Å²) in [4.78, 5) is 0. The summed E-state index contributed by atoms with van der Waals surface area (Å²) in [5, 5.41) is 0. The van der Waals surface area contributed by atoms with Crippen molar-refractivity contribution in [3.8, 4) is 5.75 Å². The van der Waals surface area contributed by atoms with E-state index in [1.165, 1.54) is 11.1 Å². The van der Waals surface area contributed by atoms with Gasteiger partial charge in [-0.3, -0.25) is 0 Å². The second-order valence-electron chi connectivity index (χ2n) is 3.88. The van der Waals surface area contributed by atoms with Crippen molar-refractivity contribution in [1.82, 2.24) is 0 Å². The van der Waals surface area contributed by atoms with Crippen LogP contribution in [0.1, 0.15) is 11.1 Å². The van der Waals surface area contributed by atoms with Crippen molar-refractivity contribution in [3.05, 3.63) is 71.8 Å². The van der Waals surface area contributed by atoms with Gasteiger partial charge in [0.2, 0.25) is 0 Å². The molecule has 1 heteroatoms. The molecule has 0 amide bonds. The lowest BCUT2D eigenvalue weighted by molar-refractivity contribution is 0.363. The van der Waals surface area contributed by atoms with Crippen LogP contribution in [-0.2, 0) is 0 Å². The van der Waals surface area contributed by atoms with Crippen LogP contribution >= 0.6 is 0 Å². The fraction of sp³-hybridized carbons (Fsp3) is 0.125. The minimum Gasteiger partial charge on any atom is -0.490 e. The van der Waals surface area contributed by atoms with Gasteiger partial charge in [-0.1, -0.05) is 48.5 Å². The van der Waals surface area contributed by atoms with Gasteiger partial charge in [0.05, 0.1) is 0 Å². The fourth-order valence-electron chi connectivity index (χ4n) is 1.61. The molecule has 0 aliphatic carbocycles. The van der Waals surface area contributed by atoms with E-state index in [1.807, 2.05) is 48.5 Å². The summed E-state index contributed by atoms with van der Waals surface area (Å²) in [6.45, 7) is 2.70. The Morgan fingerprint density at radius 2 is 1.65 bits per heavy atom. The summed E-state index contributed by atoms with van der Waals surface area (Å²) in [6.07, 6.45) is 4.13. The lowest BCUT2D eigenvalue weighted by Crippen LogP contribution is -1.92. The molecule has 0 aliphatic heterocycles. The minimum atomic E-state index is 0.596. The van der Waals surface area contributed by atoms with Gasteiger partial charge in [-0.25, -0.2) is 0 Å². The van der Waals surface area contributed by atoms with Gasteiger partial charge in [0, 0.05) is 0 Å². The molecular formula is C16H16O. The first-order valence-corrected chi connectivity index (χ1v) is 5.76. The molecule has 0 bridgehead atoms. The normalized spacial score (nSPS) is 10.6. The van der Waals surface area contributed by atoms with Gasteiger partial charge in [-0.05, 0) is 36.3 Å². The zero-order chi connectivity index (χ0) is 11.9. The summed E-state index contributed by atoms with van der Waals surface area (Å²) in [7, 11) is 0. The lowest BCUT2D eigenvalue weighted by Gasteiger charge is -2.02. The van der Waals surface area contributed by atoms with Gasteiger partial charge in [-0.2, -0.15) is 0 Å². The average Bonchev–Trinajstić information content (AvgIpc) is 2.38. The van der Waals surface area contributed by atoms with E-state index in [4.69, 9.17) is 4.74 Å². The van der Waals surface area contributed by atoms with E-state index in [1.54, 1.807) is 0 Å². The van der Waals surface area contributed by atoms with Crippen molar-refractivity contribution in [2.24, 2.45) is 0 Å². The second kappa shape index (κ2) is 5.90. The monoisotopic (exact) mass is 224 g/mol. The summed E-state index contributed by atoms with van der Waals surface area (Å²) >= 11 is 0. The van der Waals surface area contributed by atoms with Gasteiger partial charge in [-0.15, -0.1) is 0 Å². The van der Waals surface area contributed by atoms with Crippen LogP contribution in [0.15, 0.2) is 60.7 Å².